The zero-order chi connectivity index (χ0) is 20.1. The lowest BCUT2D eigenvalue weighted by Crippen LogP contribution is -2.16. The molecule has 0 fully saturated rings. The molecule has 0 aliphatic carbocycles. The lowest BCUT2D eigenvalue weighted by molar-refractivity contribution is 0.0507. The molecule has 8 nitrogen and oxygen atoms in total. The molecule has 0 aliphatic rings. The van der Waals surface area contributed by atoms with Gasteiger partial charge < -0.3 is 14.0 Å². The van der Waals surface area contributed by atoms with Crippen molar-refractivity contribution in [3.63, 3.8) is 0 Å². The number of aromatic nitrogens is 3. The minimum Gasteiger partial charge on any atom is -0.461 e. The van der Waals surface area contributed by atoms with Gasteiger partial charge in [0.15, 0.2) is 5.69 Å². The Bertz CT molecular complexity index is 1070. The fraction of sp³-hybridized carbons (Fsp3) is 0.250. The highest BCUT2D eigenvalue weighted by molar-refractivity contribution is 6.04. The van der Waals surface area contributed by atoms with Crippen molar-refractivity contribution < 1.29 is 19.1 Å². The molecule has 3 aromatic rings. The highest BCUT2D eigenvalue weighted by Gasteiger charge is 2.25. The molecule has 0 amide bonds. The number of carbonyl (C=O) groups is 2. The molecule has 1 aromatic carbocycles. The number of nitriles is 1. The van der Waals surface area contributed by atoms with E-state index in [-0.39, 0.29) is 35.7 Å². The maximum absolute atomic E-state index is 12.4. The molecule has 0 aliphatic heterocycles. The van der Waals surface area contributed by atoms with Crippen molar-refractivity contribution in [3.8, 4) is 6.07 Å². The summed E-state index contributed by atoms with van der Waals surface area (Å²) >= 11 is 0. The van der Waals surface area contributed by atoms with Crippen molar-refractivity contribution in [3.05, 3.63) is 59.2 Å². The first-order chi connectivity index (χ1) is 13.6. The third-order valence-electron chi connectivity index (χ3n) is 3.96. The molecule has 0 saturated heterocycles. The first-order valence-electron chi connectivity index (χ1n) is 8.78. The summed E-state index contributed by atoms with van der Waals surface area (Å²) in [6.45, 7) is 4.00. The SMILES string of the molecule is CCOC(=O)c1nc(C(=O)OCC)c2c(C#N)cn(Cc3ccccc3)c2n1. The molecule has 0 spiro atoms. The van der Waals surface area contributed by atoms with Crippen LogP contribution in [0, 0.1) is 11.3 Å². The van der Waals surface area contributed by atoms with Gasteiger partial charge >= 0.3 is 11.9 Å². The number of carbonyl (C=O) groups excluding carboxylic acids is 2. The summed E-state index contributed by atoms with van der Waals surface area (Å²) in [6, 6.07) is 11.6. The quantitative estimate of drug-likeness (QED) is 0.607. The van der Waals surface area contributed by atoms with Crippen molar-refractivity contribution in [1.29, 1.82) is 5.26 Å². The smallest absolute Gasteiger partial charge is 0.376 e. The third-order valence-corrected chi connectivity index (χ3v) is 3.96. The van der Waals surface area contributed by atoms with Gasteiger partial charge in [0.05, 0.1) is 24.2 Å². The van der Waals surface area contributed by atoms with Crippen molar-refractivity contribution in [2.45, 2.75) is 20.4 Å². The first-order valence-corrected chi connectivity index (χ1v) is 8.78. The van der Waals surface area contributed by atoms with Crippen LogP contribution in [0.1, 0.15) is 46.1 Å². The molecule has 2 aromatic heterocycles. The Balaban J connectivity index is 2.23. The second-order valence-corrected chi connectivity index (χ2v) is 5.80. The number of rotatable bonds is 6. The molecule has 0 unspecified atom stereocenters. The Morgan fingerprint density at radius 3 is 2.39 bits per heavy atom. The number of hydrogen-bond acceptors (Lipinski definition) is 7. The number of ether oxygens (including phenoxy) is 2. The highest BCUT2D eigenvalue weighted by Crippen LogP contribution is 2.24. The summed E-state index contributed by atoms with van der Waals surface area (Å²) in [4.78, 5) is 33.0. The van der Waals surface area contributed by atoms with Crippen LogP contribution in [-0.4, -0.2) is 39.7 Å². The van der Waals surface area contributed by atoms with Crippen molar-refractivity contribution in [2.75, 3.05) is 13.2 Å². The number of nitrogens with zero attached hydrogens (tertiary/aromatic N) is 4. The molecule has 28 heavy (non-hydrogen) atoms. The minimum absolute atomic E-state index is 0.127. The van der Waals surface area contributed by atoms with E-state index in [0.717, 1.165) is 5.56 Å². The van der Waals surface area contributed by atoms with Gasteiger partial charge in [0.2, 0.25) is 5.82 Å². The molecule has 8 heteroatoms. The van der Waals surface area contributed by atoms with Gasteiger partial charge in [-0.2, -0.15) is 5.26 Å². The molecular weight excluding hydrogens is 360 g/mol. The summed E-state index contributed by atoms with van der Waals surface area (Å²) < 4.78 is 11.7. The van der Waals surface area contributed by atoms with Gasteiger partial charge in [-0.1, -0.05) is 30.3 Å². The molecule has 0 atom stereocenters. The lowest BCUT2D eigenvalue weighted by Gasteiger charge is -2.08. The third kappa shape index (κ3) is 3.69. The minimum atomic E-state index is -0.749. The Morgan fingerprint density at radius 1 is 1.07 bits per heavy atom. The Labute approximate surface area is 161 Å². The summed E-state index contributed by atoms with van der Waals surface area (Å²) in [7, 11) is 0. The molecule has 0 bridgehead atoms. The van der Waals surface area contributed by atoms with Crippen LogP contribution in [0.2, 0.25) is 0 Å². The van der Waals surface area contributed by atoms with Crippen molar-refractivity contribution >= 4 is 23.0 Å². The van der Waals surface area contributed by atoms with Crippen LogP contribution in [-0.2, 0) is 16.0 Å². The van der Waals surface area contributed by atoms with Crippen LogP contribution >= 0.6 is 0 Å². The van der Waals surface area contributed by atoms with Crippen LogP contribution in [0.3, 0.4) is 0 Å². The van der Waals surface area contributed by atoms with Gasteiger partial charge in [-0.3, -0.25) is 0 Å². The summed E-state index contributed by atoms with van der Waals surface area (Å²) in [5.74, 6) is -1.73. The normalized spacial score (nSPS) is 10.5. The van der Waals surface area contributed by atoms with E-state index in [9.17, 15) is 14.9 Å². The maximum atomic E-state index is 12.4. The fourth-order valence-electron chi connectivity index (χ4n) is 2.81. The van der Waals surface area contributed by atoms with Crippen LogP contribution in [0.5, 0.6) is 0 Å². The molecule has 0 radical (unpaired) electrons. The van der Waals surface area contributed by atoms with Crippen molar-refractivity contribution in [1.82, 2.24) is 14.5 Å². The van der Waals surface area contributed by atoms with Gasteiger partial charge in [0, 0.05) is 12.7 Å². The Kier molecular flexibility index (Phi) is 5.65. The predicted octanol–water partition coefficient (Wildman–Crippen LogP) is 2.70. The zero-order valence-electron chi connectivity index (χ0n) is 15.5. The van der Waals surface area contributed by atoms with E-state index >= 15 is 0 Å². The standard InChI is InChI=1S/C20H18N4O4/c1-3-27-19(25)16-15-14(10-21)12-24(11-13-8-6-5-7-9-13)18(15)23-17(22-16)20(26)28-4-2/h5-9,12H,3-4,11H2,1-2H3. The van der Waals surface area contributed by atoms with Crippen molar-refractivity contribution in [2.24, 2.45) is 0 Å². The highest BCUT2D eigenvalue weighted by atomic mass is 16.5. The predicted molar refractivity (Wildman–Crippen MR) is 99.7 cm³/mol. The van der Waals surface area contributed by atoms with Gasteiger partial charge in [-0.25, -0.2) is 19.6 Å². The Morgan fingerprint density at radius 2 is 1.75 bits per heavy atom. The van der Waals surface area contributed by atoms with Gasteiger partial charge in [-0.05, 0) is 19.4 Å². The maximum Gasteiger partial charge on any atom is 0.376 e. The van der Waals surface area contributed by atoms with Crippen LogP contribution < -0.4 is 0 Å². The first kappa shape index (κ1) is 19.0. The molecule has 2 heterocycles. The molecule has 3 rings (SSSR count). The van der Waals surface area contributed by atoms with Gasteiger partial charge in [0.1, 0.15) is 11.7 Å². The number of esters is 2. The van der Waals surface area contributed by atoms with Crippen LogP contribution in [0.15, 0.2) is 36.5 Å². The van der Waals surface area contributed by atoms with E-state index in [0.29, 0.717) is 12.2 Å². The average Bonchev–Trinajstić information content (AvgIpc) is 3.06. The number of fused-ring (bicyclic) bond motifs is 1. The van der Waals surface area contributed by atoms with E-state index in [2.05, 4.69) is 16.0 Å². The van der Waals surface area contributed by atoms with Crippen LogP contribution in [0.25, 0.3) is 11.0 Å². The topological polar surface area (TPSA) is 107 Å². The number of benzene rings is 1. The molecule has 0 saturated carbocycles. The molecule has 142 valence electrons. The average molecular weight is 378 g/mol. The second kappa shape index (κ2) is 8.31. The summed E-state index contributed by atoms with van der Waals surface area (Å²) in [6.07, 6.45) is 1.59. The molecule has 0 N–H and O–H groups in total. The lowest BCUT2D eigenvalue weighted by atomic mass is 10.2. The Hall–Kier alpha value is -3.73. The van der Waals surface area contributed by atoms with E-state index < -0.39 is 11.9 Å². The largest absolute Gasteiger partial charge is 0.461 e. The summed E-state index contributed by atoms with van der Waals surface area (Å²) in [5.41, 5.74) is 1.36. The monoisotopic (exact) mass is 378 g/mol. The van der Waals surface area contributed by atoms with Crippen LogP contribution in [0.4, 0.5) is 0 Å². The second-order valence-electron chi connectivity index (χ2n) is 5.80. The number of hydrogen-bond donors (Lipinski definition) is 0. The van der Waals surface area contributed by atoms with E-state index in [1.54, 1.807) is 24.6 Å². The van der Waals surface area contributed by atoms with E-state index in [4.69, 9.17) is 9.47 Å². The van der Waals surface area contributed by atoms with E-state index in [1.165, 1.54) is 0 Å². The fourth-order valence-corrected chi connectivity index (χ4v) is 2.81. The zero-order valence-corrected chi connectivity index (χ0v) is 15.5. The van der Waals surface area contributed by atoms with E-state index in [1.807, 2.05) is 30.3 Å². The van der Waals surface area contributed by atoms with Gasteiger partial charge in [0.25, 0.3) is 0 Å². The summed E-state index contributed by atoms with van der Waals surface area (Å²) in [5, 5.41) is 9.81. The van der Waals surface area contributed by atoms with Gasteiger partial charge in [-0.15, -0.1) is 0 Å². The molecular formula is C20H18N4O4.